The third-order valence-electron chi connectivity index (χ3n) is 9.20. The van der Waals surface area contributed by atoms with Crippen LogP contribution in [0, 0.1) is 11.8 Å². The van der Waals surface area contributed by atoms with Crippen molar-refractivity contribution in [2.45, 2.75) is 77.0 Å². The number of urea groups is 1. The van der Waals surface area contributed by atoms with E-state index in [9.17, 15) is 9.59 Å². The van der Waals surface area contributed by atoms with Crippen LogP contribution in [0.25, 0.3) is 0 Å². The van der Waals surface area contributed by atoms with Crippen LogP contribution in [0.3, 0.4) is 0 Å². The zero-order chi connectivity index (χ0) is 31.7. The van der Waals surface area contributed by atoms with Gasteiger partial charge in [-0.25, -0.2) is 14.8 Å². The molecule has 0 bridgehead atoms. The predicted octanol–water partition coefficient (Wildman–Crippen LogP) is 6.68. The molecule has 0 radical (unpaired) electrons. The molecule has 45 heavy (non-hydrogen) atoms. The fourth-order valence-corrected chi connectivity index (χ4v) is 7.80. The van der Waals surface area contributed by atoms with Crippen LogP contribution in [0.2, 0.25) is 10.0 Å². The van der Waals surface area contributed by atoms with Gasteiger partial charge >= 0.3 is 6.03 Å². The van der Waals surface area contributed by atoms with Crippen molar-refractivity contribution in [2.75, 3.05) is 29.3 Å². The smallest absolute Gasteiger partial charge is 0.330 e. The highest BCUT2D eigenvalue weighted by Gasteiger charge is 2.39. The normalized spacial score (nSPS) is 21.6. The quantitative estimate of drug-likeness (QED) is 0.244. The van der Waals surface area contributed by atoms with Gasteiger partial charge in [-0.05, 0) is 31.1 Å². The minimum Gasteiger partial charge on any atom is -0.495 e. The molecule has 0 saturated heterocycles. The number of ether oxygens (including phenoxy) is 2. The molecule has 11 nitrogen and oxygen atoms in total. The van der Waals surface area contributed by atoms with Gasteiger partial charge in [0, 0.05) is 41.7 Å². The molecule has 1 aliphatic heterocycles. The molecular formula is C31H37Cl2N7O4S. The van der Waals surface area contributed by atoms with Gasteiger partial charge in [-0.2, -0.15) is 4.98 Å². The number of carbonyl (C=O) groups is 2. The van der Waals surface area contributed by atoms with Gasteiger partial charge in [0.15, 0.2) is 0 Å². The van der Waals surface area contributed by atoms with Gasteiger partial charge in [0.25, 0.3) is 0 Å². The SMILES string of the molecule is CCC(=O)N[C@H]1CC(C2CCC2)CC[C@H]1Nc1ncc2c(n1)N(Cc1cscn1)C(=O)N(c1c(Cl)c(OC)cc(OC)c1Cl)C2. The van der Waals surface area contributed by atoms with E-state index in [1.165, 1.54) is 49.7 Å². The Balaban J connectivity index is 1.32. The summed E-state index contributed by atoms with van der Waals surface area (Å²) in [6, 6.07) is 1.15. The van der Waals surface area contributed by atoms with Crippen molar-refractivity contribution < 1.29 is 19.1 Å². The molecule has 3 heterocycles. The van der Waals surface area contributed by atoms with E-state index in [0.29, 0.717) is 46.9 Å². The van der Waals surface area contributed by atoms with Crippen molar-refractivity contribution in [2.24, 2.45) is 11.8 Å². The lowest BCUT2D eigenvalue weighted by atomic mass is 9.68. The first-order valence-electron chi connectivity index (χ1n) is 15.3. The average Bonchev–Trinajstić information content (AvgIpc) is 3.53. The number of halogens is 2. The van der Waals surface area contributed by atoms with Gasteiger partial charge in [-0.3, -0.25) is 14.6 Å². The number of carbonyl (C=O) groups excluding carboxylic acids is 2. The van der Waals surface area contributed by atoms with Crippen molar-refractivity contribution in [1.82, 2.24) is 20.3 Å². The van der Waals surface area contributed by atoms with Crippen LogP contribution >= 0.6 is 34.5 Å². The number of rotatable bonds is 10. The van der Waals surface area contributed by atoms with Gasteiger partial charge in [-0.1, -0.05) is 49.4 Å². The Morgan fingerprint density at radius 3 is 2.44 bits per heavy atom. The summed E-state index contributed by atoms with van der Waals surface area (Å²) in [5.74, 6) is 2.94. The van der Waals surface area contributed by atoms with E-state index in [-0.39, 0.29) is 52.8 Å². The minimum absolute atomic E-state index is 0.0213. The molecule has 240 valence electrons. The lowest BCUT2D eigenvalue weighted by molar-refractivity contribution is -0.122. The van der Waals surface area contributed by atoms with E-state index in [1.54, 1.807) is 22.7 Å². The molecule has 14 heteroatoms. The van der Waals surface area contributed by atoms with Crippen molar-refractivity contribution >= 4 is 63.9 Å². The fourth-order valence-electron chi connectivity index (χ4n) is 6.54. The van der Waals surface area contributed by atoms with E-state index < -0.39 is 0 Å². The first-order chi connectivity index (χ1) is 21.8. The van der Waals surface area contributed by atoms with Gasteiger partial charge < -0.3 is 20.1 Å². The number of thiazole rings is 1. The van der Waals surface area contributed by atoms with E-state index in [0.717, 1.165) is 25.2 Å². The summed E-state index contributed by atoms with van der Waals surface area (Å²) in [5.41, 5.74) is 3.41. The third kappa shape index (κ3) is 6.37. The summed E-state index contributed by atoms with van der Waals surface area (Å²) < 4.78 is 10.9. The highest BCUT2D eigenvalue weighted by molar-refractivity contribution is 7.07. The van der Waals surface area contributed by atoms with Gasteiger partial charge in [0.2, 0.25) is 11.9 Å². The molecular weight excluding hydrogens is 637 g/mol. The van der Waals surface area contributed by atoms with Crippen LogP contribution in [-0.2, 0) is 17.9 Å². The van der Waals surface area contributed by atoms with Crippen LogP contribution in [-0.4, -0.2) is 53.2 Å². The lowest BCUT2D eigenvalue weighted by Crippen LogP contribution is -2.51. The molecule has 1 aromatic carbocycles. The number of amides is 3. The Kier molecular flexibility index (Phi) is 9.53. The van der Waals surface area contributed by atoms with Gasteiger partial charge in [-0.15, -0.1) is 11.3 Å². The number of hydrogen-bond acceptors (Lipinski definition) is 9. The summed E-state index contributed by atoms with van der Waals surface area (Å²) in [5, 5.41) is 9.03. The largest absolute Gasteiger partial charge is 0.495 e. The van der Waals surface area contributed by atoms with E-state index >= 15 is 0 Å². The Morgan fingerprint density at radius 1 is 1.07 bits per heavy atom. The Labute approximate surface area is 276 Å². The van der Waals surface area contributed by atoms with Crippen LogP contribution in [0.4, 0.5) is 22.2 Å². The predicted molar refractivity (Wildman–Crippen MR) is 176 cm³/mol. The standard InChI is InChI=1S/C31H37Cl2N7O4S/c1-4-25(41)36-22-10-18(17-6-5-7-17)8-9-21(22)37-30-34-12-19-13-39(28-26(32)23(43-2)11-24(44-3)27(28)33)31(42)40(29(19)38-30)14-20-15-45-16-35-20/h11-12,15-18,21-22H,4-10,13-14H2,1-3H3,(H,36,41)(H,34,37,38)/t18?,21-,22+/m1/s1. The summed E-state index contributed by atoms with van der Waals surface area (Å²) in [6.45, 7) is 2.18. The van der Waals surface area contributed by atoms with E-state index in [1.807, 2.05) is 12.3 Å². The first-order valence-corrected chi connectivity index (χ1v) is 17.0. The maximum atomic E-state index is 14.3. The second-order valence-corrected chi connectivity index (χ2v) is 13.3. The van der Waals surface area contributed by atoms with Crippen molar-refractivity contribution in [3.05, 3.63) is 44.5 Å². The Hall–Kier alpha value is -3.35. The zero-order valence-electron chi connectivity index (χ0n) is 25.5. The molecule has 3 atom stereocenters. The number of aromatic nitrogens is 3. The van der Waals surface area contributed by atoms with Crippen LogP contribution in [0.15, 0.2) is 23.2 Å². The summed E-state index contributed by atoms with van der Waals surface area (Å²) in [4.78, 5) is 43.7. The van der Waals surface area contributed by atoms with Crippen LogP contribution in [0.5, 0.6) is 11.5 Å². The second-order valence-electron chi connectivity index (χ2n) is 11.8. The molecule has 3 aromatic rings. The number of methoxy groups -OCH3 is 2. The van der Waals surface area contributed by atoms with E-state index in [2.05, 4.69) is 20.6 Å². The first kappa shape index (κ1) is 31.6. The van der Waals surface area contributed by atoms with Crippen LogP contribution in [0.1, 0.15) is 63.1 Å². The second kappa shape index (κ2) is 13.6. The zero-order valence-corrected chi connectivity index (χ0v) is 27.8. The van der Waals surface area contributed by atoms with Gasteiger partial charge in [0.1, 0.15) is 27.4 Å². The minimum atomic E-state index is -0.381. The molecule has 6 rings (SSSR count). The number of nitrogens with zero attached hydrogens (tertiary/aromatic N) is 5. The summed E-state index contributed by atoms with van der Waals surface area (Å²) >= 11 is 14.9. The highest BCUT2D eigenvalue weighted by Crippen LogP contribution is 2.48. The molecule has 2 N–H and O–H groups in total. The molecule has 2 aliphatic carbocycles. The number of benzene rings is 1. The molecule has 2 saturated carbocycles. The van der Waals surface area contributed by atoms with Crippen molar-refractivity contribution in [3.63, 3.8) is 0 Å². The fraction of sp³-hybridized carbons (Fsp3) is 0.516. The van der Waals surface area contributed by atoms with E-state index in [4.69, 9.17) is 37.7 Å². The topological polar surface area (TPSA) is 122 Å². The number of nitrogens with one attached hydrogen (secondary N) is 2. The Bertz CT molecular complexity index is 1530. The third-order valence-corrected chi connectivity index (χ3v) is 10.6. The lowest BCUT2D eigenvalue weighted by Gasteiger charge is -2.43. The summed E-state index contributed by atoms with van der Waals surface area (Å²) in [6.07, 6.45) is 8.96. The highest BCUT2D eigenvalue weighted by atomic mass is 35.5. The molecule has 2 aromatic heterocycles. The van der Waals surface area contributed by atoms with Crippen molar-refractivity contribution in [3.8, 4) is 11.5 Å². The Morgan fingerprint density at radius 2 is 1.82 bits per heavy atom. The molecule has 0 spiro atoms. The number of anilines is 3. The monoisotopic (exact) mass is 673 g/mol. The maximum absolute atomic E-state index is 14.3. The van der Waals surface area contributed by atoms with Crippen molar-refractivity contribution in [1.29, 1.82) is 0 Å². The molecule has 1 unspecified atom stereocenters. The van der Waals surface area contributed by atoms with Gasteiger partial charge in [0.05, 0.1) is 44.2 Å². The molecule has 3 aliphatic rings. The number of hydrogen-bond donors (Lipinski definition) is 2. The average molecular weight is 675 g/mol. The maximum Gasteiger partial charge on any atom is 0.330 e. The summed E-state index contributed by atoms with van der Waals surface area (Å²) in [7, 11) is 2.97. The molecule has 3 amide bonds. The van der Waals surface area contributed by atoms with Crippen LogP contribution < -0.4 is 29.9 Å². The molecule has 2 fully saturated rings. The number of fused-ring (bicyclic) bond motifs is 1.